The Hall–Kier alpha value is -0.800. The van der Waals surface area contributed by atoms with Crippen molar-refractivity contribution in [3.8, 4) is 0 Å². The number of hydrogen-bond acceptors (Lipinski definition) is 2. The molecule has 1 aliphatic rings. The van der Waals surface area contributed by atoms with Crippen LogP contribution in [0.1, 0.15) is 18.9 Å². The highest BCUT2D eigenvalue weighted by molar-refractivity contribution is 9.10. The van der Waals surface area contributed by atoms with Crippen molar-refractivity contribution in [3.05, 3.63) is 39.9 Å². The molecule has 0 atom stereocenters. The van der Waals surface area contributed by atoms with Gasteiger partial charge in [0.25, 0.3) is 0 Å². The molecule has 0 aliphatic carbocycles. The third-order valence-electron chi connectivity index (χ3n) is 2.91. The lowest BCUT2D eigenvalue weighted by molar-refractivity contribution is 0.286. The van der Waals surface area contributed by atoms with E-state index in [1.165, 1.54) is 17.6 Å². The first kappa shape index (κ1) is 11.7. The largest absolute Gasteiger partial charge is 0.399 e. The lowest BCUT2D eigenvalue weighted by Crippen LogP contribution is -2.27. The fourth-order valence-corrected chi connectivity index (χ4v) is 2.54. The van der Waals surface area contributed by atoms with E-state index in [9.17, 15) is 0 Å². The molecule has 0 spiro atoms. The zero-order chi connectivity index (χ0) is 11.5. The average Bonchev–Trinajstić information content (AvgIpc) is 2.20. The summed E-state index contributed by atoms with van der Waals surface area (Å²) in [5, 5.41) is 0. The Kier molecular flexibility index (Phi) is 3.66. The highest BCUT2D eigenvalue weighted by Gasteiger charge is 2.10. The van der Waals surface area contributed by atoms with Crippen LogP contribution in [-0.4, -0.2) is 18.0 Å². The fourth-order valence-electron chi connectivity index (χ4n) is 1.98. The van der Waals surface area contributed by atoms with E-state index in [-0.39, 0.29) is 0 Å². The average molecular weight is 281 g/mol. The SMILES string of the molecule is CC1=CCN(Cc2cc(N)cc(Br)c2)CC1. The minimum atomic E-state index is 0.827. The van der Waals surface area contributed by atoms with E-state index >= 15 is 0 Å². The van der Waals surface area contributed by atoms with Crippen molar-refractivity contribution in [1.82, 2.24) is 4.90 Å². The van der Waals surface area contributed by atoms with E-state index in [2.05, 4.69) is 46.0 Å². The van der Waals surface area contributed by atoms with Crippen LogP contribution in [0.3, 0.4) is 0 Å². The third-order valence-corrected chi connectivity index (χ3v) is 3.36. The predicted octanol–water partition coefficient (Wildman–Crippen LogP) is 3.18. The fraction of sp³-hybridized carbons (Fsp3) is 0.385. The van der Waals surface area contributed by atoms with E-state index in [0.29, 0.717) is 0 Å². The van der Waals surface area contributed by atoms with Gasteiger partial charge in [0.15, 0.2) is 0 Å². The summed E-state index contributed by atoms with van der Waals surface area (Å²) in [6.45, 7) is 5.38. The van der Waals surface area contributed by atoms with Crippen LogP contribution in [0.2, 0.25) is 0 Å². The number of nitrogens with two attached hydrogens (primary N) is 1. The molecular weight excluding hydrogens is 264 g/mol. The topological polar surface area (TPSA) is 29.3 Å². The van der Waals surface area contributed by atoms with Gasteiger partial charge >= 0.3 is 0 Å². The standard InChI is InChI=1S/C13H17BrN2/c1-10-2-4-16(5-3-10)9-11-6-12(14)8-13(15)7-11/h2,6-8H,3-5,9,15H2,1H3. The molecule has 0 aromatic heterocycles. The number of hydrogen-bond donors (Lipinski definition) is 1. The Bertz CT molecular complexity index is 392. The lowest BCUT2D eigenvalue weighted by Gasteiger charge is -2.25. The summed E-state index contributed by atoms with van der Waals surface area (Å²) in [4.78, 5) is 2.44. The van der Waals surface area contributed by atoms with Crippen LogP contribution in [0, 0.1) is 0 Å². The molecule has 3 heteroatoms. The van der Waals surface area contributed by atoms with Crippen LogP contribution >= 0.6 is 15.9 Å². The molecule has 0 saturated carbocycles. The van der Waals surface area contributed by atoms with E-state index < -0.39 is 0 Å². The molecule has 0 unspecified atom stereocenters. The zero-order valence-corrected chi connectivity index (χ0v) is 11.1. The Balaban J connectivity index is 2.04. The molecule has 0 fully saturated rings. The van der Waals surface area contributed by atoms with Crippen LogP contribution in [0.5, 0.6) is 0 Å². The van der Waals surface area contributed by atoms with Gasteiger partial charge in [0.05, 0.1) is 0 Å². The first-order valence-corrected chi connectivity index (χ1v) is 6.36. The van der Waals surface area contributed by atoms with Gasteiger partial charge in [-0.05, 0) is 37.1 Å². The monoisotopic (exact) mass is 280 g/mol. The highest BCUT2D eigenvalue weighted by atomic mass is 79.9. The van der Waals surface area contributed by atoms with Gasteiger partial charge in [0.1, 0.15) is 0 Å². The van der Waals surface area contributed by atoms with Crippen LogP contribution in [0.4, 0.5) is 5.69 Å². The number of halogens is 1. The molecule has 1 heterocycles. The van der Waals surface area contributed by atoms with Gasteiger partial charge < -0.3 is 5.73 Å². The van der Waals surface area contributed by atoms with Crippen molar-refractivity contribution in [2.24, 2.45) is 0 Å². The highest BCUT2D eigenvalue weighted by Crippen LogP contribution is 2.20. The van der Waals surface area contributed by atoms with E-state index in [1.807, 2.05) is 6.07 Å². The van der Waals surface area contributed by atoms with Gasteiger partial charge in [0.2, 0.25) is 0 Å². The molecule has 1 aromatic rings. The number of benzene rings is 1. The van der Waals surface area contributed by atoms with Gasteiger partial charge in [-0.1, -0.05) is 27.6 Å². The van der Waals surface area contributed by atoms with Gasteiger partial charge in [-0.15, -0.1) is 0 Å². The minimum Gasteiger partial charge on any atom is -0.399 e. The van der Waals surface area contributed by atoms with Crippen molar-refractivity contribution in [1.29, 1.82) is 0 Å². The summed E-state index contributed by atoms with van der Waals surface area (Å²) in [6.07, 6.45) is 3.49. The number of nitrogens with zero attached hydrogens (tertiary/aromatic N) is 1. The minimum absolute atomic E-state index is 0.827. The molecule has 16 heavy (non-hydrogen) atoms. The summed E-state index contributed by atoms with van der Waals surface area (Å²) in [5.74, 6) is 0. The molecule has 1 aliphatic heterocycles. The maximum absolute atomic E-state index is 5.83. The lowest BCUT2D eigenvalue weighted by atomic mass is 10.1. The van der Waals surface area contributed by atoms with Crippen molar-refractivity contribution < 1.29 is 0 Å². The zero-order valence-electron chi connectivity index (χ0n) is 9.54. The smallest absolute Gasteiger partial charge is 0.0328 e. The molecule has 0 saturated heterocycles. The quantitative estimate of drug-likeness (QED) is 0.666. The van der Waals surface area contributed by atoms with E-state index in [1.54, 1.807) is 0 Å². The van der Waals surface area contributed by atoms with Crippen LogP contribution < -0.4 is 5.73 Å². The van der Waals surface area contributed by atoms with Gasteiger partial charge in [-0.25, -0.2) is 0 Å². The molecule has 0 radical (unpaired) electrons. The second-order valence-electron chi connectivity index (χ2n) is 4.43. The summed E-state index contributed by atoms with van der Waals surface area (Å²) >= 11 is 3.48. The summed E-state index contributed by atoms with van der Waals surface area (Å²) in [5.41, 5.74) is 9.44. The summed E-state index contributed by atoms with van der Waals surface area (Å²) in [7, 11) is 0. The third kappa shape index (κ3) is 3.09. The molecule has 2 nitrogen and oxygen atoms in total. The van der Waals surface area contributed by atoms with Crippen LogP contribution in [-0.2, 0) is 6.54 Å². The molecular formula is C13H17BrN2. The van der Waals surface area contributed by atoms with Crippen molar-refractivity contribution >= 4 is 21.6 Å². The first-order valence-electron chi connectivity index (χ1n) is 5.56. The van der Waals surface area contributed by atoms with Crippen LogP contribution in [0.25, 0.3) is 0 Å². The van der Waals surface area contributed by atoms with Gasteiger partial charge in [-0.3, -0.25) is 4.90 Å². The van der Waals surface area contributed by atoms with Crippen molar-refractivity contribution in [2.45, 2.75) is 19.9 Å². The number of rotatable bonds is 2. The predicted molar refractivity (Wildman–Crippen MR) is 72.2 cm³/mol. The second kappa shape index (κ2) is 5.02. The van der Waals surface area contributed by atoms with E-state index in [0.717, 1.165) is 29.8 Å². The Morgan fingerprint density at radius 2 is 2.19 bits per heavy atom. The molecule has 2 rings (SSSR count). The van der Waals surface area contributed by atoms with Crippen molar-refractivity contribution in [3.63, 3.8) is 0 Å². The van der Waals surface area contributed by atoms with Gasteiger partial charge in [-0.2, -0.15) is 0 Å². The maximum atomic E-state index is 5.83. The Morgan fingerprint density at radius 3 is 2.81 bits per heavy atom. The molecule has 86 valence electrons. The normalized spacial score (nSPS) is 17.2. The van der Waals surface area contributed by atoms with Crippen LogP contribution in [0.15, 0.2) is 34.3 Å². The molecule has 2 N–H and O–H groups in total. The van der Waals surface area contributed by atoms with Gasteiger partial charge in [0, 0.05) is 29.8 Å². The molecule has 0 amide bonds. The maximum Gasteiger partial charge on any atom is 0.0328 e. The molecule has 1 aromatic carbocycles. The second-order valence-corrected chi connectivity index (χ2v) is 5.34. The number of nitrogen functional groups attached to an aromatic ring is 1. The molecule has 0 bridgehead atoms. The van der Waals surface area contributed by atoms with Crippen molar-refractivity contribution in [2.75, 3.05) is 18.8 Å². The summed E-state index contributed by atoms with van der Waals surface area (Å²) < 4.78 is 1.06. The number of anilines is 1. The Morgan fingerprint density at radius 1 is 1.38 bits per heavy atom. The Labute approximate surface area is 105 Å². The first-order chi connectivity index (χ1) is 7.63. The van der Waals surface area contributed by atoms with E-state index in [4.69, 9.17) is 5.73 Å². The summed E-state index contributed by atoms with van der Waals surface area (Å²) in [6, 6.07) is 6.13.